The maximum Gasteiger partial charge on any atom is 0.387 e. The first-order chi connectivity index (χ1) is 9.51. The van der Waals surface area contributed by atoms with Crippen molar-refractivity contribution in [2.75, 3.05) is 12.8 Å². The lowest BCUT2D eigenvalue weighted by Gasteiger charge is -2.11. The predicted molar refractivity (Wildman–Crippen MR) is 66.2 cm³/mol. The van der Waals surface area contributed by atoms with Crippen molar-refractivity contribution in [1.82, 2.24) is 5.10 Å². The molecular weight excluding hydrogens is 272 g/mol. The molecule has 2 N–H and O–H groups in total. The lowest BCUT2D eigenvalue weighted by Crippen LogP contribution is -2.34. The van der Waals surface area contributed by atoms with Gasteiger partial charge >= 0.3 is 6.61 Å². The summed E-state index contributed by atoms with van der Waals surface area (Å²) in [6.45, 7) is -2.95. The Morgan fingerprint density at radius 1 is 1.25 bits per heavy atom. The Bertz CT molecular complexity index is 623. The summed E-state index contributed by atoms with van der Waals surface area (Å²) in [7, 11) is 1.32. The molecule has 1 heterocycles. The quantitative estimate of drug-likeness (QED) is 0.680. The fourth-order valence-corrected chi connectivity index (χ4v) is 1.59. The van der Waals surface area contributed by atoms with E-state index in [2.05, 4.69) is 9.84 Å². The van der Waals surface area contributed by atoms with Gasteiger partial charge in [0, 0.05) is 11.6 Å². The van der Waals surface area contributed by atoms with Gasteiger partial charge in [-0.1, -0.05) is 5.10 Å². The molecule has 1 aromatic carbocycles. The van der Waals surface area contributed by atoms with E-state index in [1.807, 2.05) is 0 Å². The average molecular weight is 283 g/mol. The summed E-state index contributed by atoms with van der Waals surface area (Å²) in [4.78, 5) is 0.269. The Hall–Kier alpha value is -2.64. The van der Waals surface area contributed by atoms with Gasteiger partial charge in [-0.25, -0.2) is 0 Å². The molecule has 0 amide bonds. The van der Waals surface area contributed by atoms with Crippen LogP contribution >= 0.6 is 0 Å². The number of rotatable bonds is 4. The van der Waals surface area contributed by atoms with Crippen molar-refractivity contribution in [2.45, 2.75) is 6.61 Å². The highest BCUT2D eigenvalue weighted by Crippen LogP contribution is 2.32. The highest BCUT2D eigenvalue weighted by Gasteiger charge is 2.13. The lowest BCUT2D eigenvalue weighted by atomic mass is 10.1. The summed E-state index contributed by atoms with van der Waals surface area (Å²) < 4.78 is 33.7. The van der Waals surface area contributed by atoms with E-state index in [-0.39, 0.29) is 22.2 Å². The van der Waals surface area contributed by atoms with Crippen molar-refractivity contribution in [2.24, 2.45) is 0 Å². The lowest BCUT2D eigenvalue weighted by molar-refractivity contribution is -0.653. The van der Waals surface area contributed by atoms with Gasteiger partial charge in [0.15, 0.2) is 11.5 Å². The van der Waals surface area contributed by atoms with Crippen LogP contribution in [0.3, 0.4) is 0 Å². The molecule has 8 heteroatoms. The molecule has 0 unspecified atom stereocenters. The fraction of sp³-hybridized carbons (Fsp3) is 0.167. The van der Waals surface area contributed by atoms with E-state index in [4.69, 9.17) is 10.5 Å². The molecule has 106 valence electrons. The zero-order valence-electron chi connectivity index (χ0n) is 10.4. The molecule has 2 aromatic rings. The molecule has 0 fully saturated rings. The maximum absolute atomic E-state index is 12.2. The number of hydrogen-bond donors (Lipinski definition) is 1. The number of nitrogens with zero attached hydrogens (tertiary/aromatic N) is 2. The number of aromatic nitrogens is 2. The third kappa shape index (κ3) is 2.85. The van der Waals surface area contributed by atoms with E-state index in [1.54, 1.807) is 0 Å². The van der Waals surface area contributed by atoms with Crippen LogP contribution in [0.5, 0.6) is 11.5 Å². The van der Waals surface area contributed by atoms with Crippen LogP contribution in [0.1, 0.15) is 0 Å². The number of halogens is 2. The van der Waals surface area contributed by atoms with Crippen LogP contribution in [0.15, 0.2) is 30.3 Å². The van der Waals surface area contributed by atoms with Crippen molar-refractivity contribution in [3.63, 3.8) is 0 Å². The van der Waals surface area contributed by atoms with Gasteiger partial charge in [-0.15, -0.1) is 4.85 Å². The van der Waals surface area contributed by atoms with Crippen molar-refractivity contribution in [3.05, 3.63) is 35.5 Å². The van der Waals surface area contributed by atoms with Crippen LogP contribution in [-0.2, 0) is 0 Å². The first-order valence-electron chi connectivity index (χ1n) is 5.51. The van der Waals surface area contributed by atoms with E-state index < -0.39 is 6.61 Å². The third-order valence-electron chi connectivity index (χ3n) is 2.51. The molecule has 0 radical (unpaired) electrons. The third-order valence-corrected chi connectivity index (χ3v) is 2.51. The van der Waals surface area contributed by atoms with E-state index in [0.29, 0.717) is 11.3 Å². The normalized spacial score (nSPS) is 10.6. The summed E-state index contributed by atoms with van der Waals surface area (Å²) in [5, 5.41) is 15.0. The van der Waals surface area contributed by atoms with Crippen LogP contribution in [-0.4, -0.2) is 18.8 Å². The second-order valence-electron chi connectivity index (χ2n) is 3.76. The molecule has 0 aliphatic carbocycles. The molecule has 0 saturated carbocycles. The molecule has 0 spiro atoms. The fourth-order valence-electron chi connectivity index (χ4n) is 1.59. The number of hydrogen-bond acceptors (Lipinski definition) is 5. The van der Waals surface area contributed by atoms with Crippen molar-refractivity contribution < 1.29 is 23.1 Å². The van der Waals surface area contributed by atoms with Gasteiger partial charge in [0.05, 0.1) is 7.11 Å². The van der Waals surface area contributed by atoms with Gasteiger partial charge in [-0.05, 0) is 24.3 Å². The standard InChI is InChI=1S/C12H11F2N3O3/c1-19-10-6-7(2-4-9(10)20-12(13)14)8-3-5-11(15)17(18)16-8/h2-6,12H,15H2,1H3. The molecule has 20 heavy (non-hydrogen) atoms. The number of methoxy groups -OCH3 is 1. The second-order valence-corrected chi connectivity index (χ2v) is 3.76. The zero-order chi connectivity index (χ0) is 14.7. The highest BCUT2D eigenvalue weighted by atomic mass is 19.3. The Morgan fingerprint density at radius 2 is 2.00 bits per heavy atom. The molecule has 0 saturated heterocycles. The van der Waals surface area contributed by atoms with Crippen molar-refractivity contribution >= 4 is 5.82 Å². The minimum absolute atomic E-state index is 0.0432. The predicted octanol–water partition coefficient (Wildman–Crippen LogP) is 1.57. The molecule has 6 nitrogen and oxygen atoms in total. The molecule has 0 bridgehead atoms. The van der Waals surface area contributed by atoms with Gasteiger partial charge in [0.2, 0.25) is 0 Å². The monoisotopic (exact) mass is 283 g/mol. The molecule has 0 aliphatic heterocycles. The van der Waals surface area contributed by atoms with Gasteiger partial charge in [0.1, 0.15) is 5.69 Å². The van der Waals surface area contributed by atoms with Gasteiger partial charge < -0.3 is 14.7 Å². The molecule has 1 aromatic heterocycles. The van der Waals surface area contributed by atoms with E-state index in [1.165, 1.54) is 37.4 Å². The van der Waals surface area contributed by atoms with Crippen LogP contribution < -0.4 is 20.1 Å². The Kier molecular flexibility index (Phi) is 3.83. The van der Waals surface area contributed by atoms with Gasteiger partial charge in [-0.2, -0.15) is 8.78 Å². The van der Waals surface area contributed by atoms with Crippen molar-refractivity contribution in [1.29, 1.82) is 0 Å². The first-order valence-corrected chi connectivity index (χ1v) is 5.51. The highest BCUT2D eigenvalue weighted by molar-refractivity contribution is 5.63. The SMILES string of the molecule is COc1cc(-c2ccc(N)[n+]([O-])n2)ccc1OC(F)F. The molecule has 2 rings (SSSR count). The van der Waals surface area contributed by atoms with Crippen LogP contribution in [0.4, 0.5) is 14.6 Å². The number of alkyl halides is 2. The molecule has 0 aliphatic rings. The smallest absolute Gasteiger partial charge is 0.387 e. The van der Waals surface area contributed by atoms with Crippen LogP contribution in [0.25, 0.3) is 11.3 Å². The number of nitrogens with two attached hydrogens (primary N) is 1. The minimum atomic E-state index is -2.95. The number of anilines is 1. The first kappa shape index (κ1) is 13.8. The summed E-state index contributed by atoms with van der Waals surface area (Å²) in [5.74, 6) is -0.0334. The zero-order valence-corrected chi connectivity index (χ0v) is 10.4. The number of benzene rings is 1. The summed E-state index contributed by atoms with van der Waals surface area (Å²) >= 11 is 0. The van der Waals surface area contributed by atoms with Crippen molar-refractivity contribution in [3.8, 4) is 22.8 Å². The topological polar surface area (TPSA) is 84.3 Å². The van der Waals surface area contributed by atoms with E-state index >= 15 is 0 Å². The maximum atomic E-state index is 12.2. The summed E-state index contributed by atoms with van der Waals surface area (Å²) in [6.07, 6.45) is 0. The Balaban J connectivity index is 2.40. The Morgan fingerprint density at radius 3 is 2.60 bits per heavy atom. The molecule has 0 atom stereocenters. The van der Waals surface area contributed by atoms with Gasteiger partial charge in [-0.3, -0.25) is 5.73 Å². The average Bonchev–Trinajstić information content (AvgIpc) is 2.42. The van der Waals surface area contributed by atoms with Crippen LogP contribution in [0.2, 0.25) is 0 Å². The minimum Gasteiger partial charge on any atom is -0.691 e. The number of ether oxygens (including phenoxy) is 2. The van der Waals surface area contributed by atoms with Crippen LogP contribution in [0, 0.1) is 5.21 Å². The Labute approximate surface area is 112 Å². The summed E-state index contributed by atoms with van der Waals surface area (Å²) in [5.41, 5.74) is 6.20. The van der Waals surface area contributed by atoms with E-state index in [0.717, 1.165) is 0 Å². The largest absolute Gasteiger partial charge is 0.691 e. The number of nitrogen functional groups attached to an aromatic ring is 1. The van der Waals surface area contributed by atoms with Gasteiger partial charge in [0.25, 0.3) is 5.82 Å². The molecular formula is C12H11F2N3O3. The van der Waals surface area contributed by atoms with E-state index in [9.17, 15) is 14.0 Å². The second kappa shape index (κ2) is 5.55. The summed E-state index contributed by atoms with van der Waals surface area (Å²) in [6, 6.07) is 7.17.